The third kappa shape index (κ3) is 3.45. The van der Waals surface area contributed by atoms with E-state index < -0.39 is 12.0 Å². The molecule has 1 saturated heterocycles. The number of nitrogens with one attached hydrogen (secondary N) is 1. The molecule has 0 aromatic heterocycles. The number of carboxylic acids is 1. The van der Waals surface area contributed by atoms with Gasteiger partial charge in [-0.3, -0.25) is 9.69 Å². The summed E-state index contributed by atoms with van der Waals surface area (Å²) in [4.78, 5) is 15.3. The molecule has 0 bridgehead atoms. The lowest BCUT2D eigenvalue weighted by Gasteiger charge is -2.33. The summed E-state index contributed by atoms with van der Waals surface area (Å²) >= 11 is 0. The van der Waals surface area contributed by atoms with Crippen molar-refractivity contribution in [2.24, 2.45) is 0 Å². The van der Waals surface area contributed by atoms with Gasteiger partial charge in [0.1, 0.15) is 6.04 Å². The summed E-state index contributed by atoms with van der Waals surface area (Å²) in [5.74, 6) is -0.753. The van der Waals surface area contributed by atoms with Crippen molar-refractivity contribution in [1.29, 1.82) is 0 Å². The molecular weight excluding hydrogens is 242 g/mol. The number of aliphatic carboxylic acids is 1. The molecule has 0 saturated carbocycles. The minimum atomic E-state index is -0.753. The molecule has 0 aliphatic carbocycles. The SMILES string of the molecule is CN(C)c1ccc(CN2CCNCC2C(=O)O)cc1. The van der Waals surface area contributed by atoms with Crippen LogP contribution < -0.4 is 10.2 Å². The van der Waals surface area contributed by atoms with E-state index in [9.17, 15) is 9.90 Å². The normalized spacial score (nSPS) is 20.2. The van der Waals surface area contributed by atoms with Gasteiger partial charge in [-0.15, -0.1) is 0 Å². The fourth-order valence-corrected chi connectivity index (χ4v) is 2.31. The first-order valence-electron chi connectivity index (χ1n) is 6.52. The van der Waals surface area contributed by atoms with Gasteiger partial charge in [-0.2, -0.15) is 0 Å². The van der Waals surface area contributed by atoms with E-state index in [2.05, 4.69) is 34.5 Å². The van der Waals surface area contributed by atoms with Gasteiger partial charge in [0.15, 0.2) is 0 Å². The summed E-state index contributed by atoms with van der Waals surface area (Å²) < 4.78 is 0. The minimum absolute atomic E-state index is 0.428. The third-order valence-electron chi connectivity index (χ3n) is 3.48. The zero-order valence-corrected chi connectivity index (χ0v) is 11.5. The summed E-state index contributed by atoms with van der Waals surface area (Å²) in [6.07, 6.45) is 0. The predicted octanol–water partition coefficient (Wildman–Crippen LogP) is 0.611. The van der Waals surface area contributed by atoms with Gasteiger partial charge in [-0.25, -0.2) is 0 Å². The highest BCUT2D eigenvalue weighted by Crippen LogP contribution is 2.15. The van der Waals surface area contributed by atoms with Gasteiger partial charge in [-0.05, 0) is 17.7 Å². The first-order chi connectivity index (χ1) is 9.08. The van der Waals surface area contributed by atoms with Crippen LogP contribution in [-0.2, 0) is 11.3 Å². The van der Waals surface area contributed by atoms with Crippen LogP contribution in [0.25, 0.3) is 0 Å². The molecule has 1 unspecified atom stereocenters. The zero-order chi connectivity index (χ0) is 13.8. The average Bonchev–Trinajstić information content (AvgIpc) is 2.39. The van der Waals surface area contributed by atoms with Crippen molar-refractivity contribution < 1.29 is 9.90 Å². The lowest BCUT2D eigenvalue weighted by atomic mass is 10.1. The molecule has 0 amide bonds. The van der Waals surface area contributed by atoms with E-state index in [0.29, 0.717) is 13.1 Å². The molecule has 0 radical (unpaired) electrons. The zero-order valence-electron chi connectivity index (χ0n) is 11.5. The Morgan fingerprint density at radius 1 is 1.42 bits per heavy atom. The second-order valence-corrected chi connectivity index (χ2v) is 5.09. The molecule has 0 spiro atoms. The maximum absolute atomic E-state index is 11.2. The highest BCUT2D eigenvalue weighted by Gasteiger charge is 2.27. The molecule has 5 nitrogen and oxygen atoms in total. The molecular formula is C14H21N3O2. The molecule has 2 rings (SSSR count). The van der Waals surface area contributed by atoms with Crippen LogP contribution in [0.2, 0.25) is 0 Å². The molecule has 1 atom stereocenters. The fourth-order valence-electron chi connectivity index (χ4n) is 2.31. The van der Waals surface area contributed by atoms with E-state index in [1.165, 1.54) is 0 Å². The highest BCUT2D eigenvalue weighted by atomic mass is 16.4. The van der Waals surface area contributed by atoms with Crippen LogP contribution >= 0.6 is 0 Å². The summed E-state index contributed by atoms with van der Waals surface area (Å²) in [5, 5.41) is 12.3. The molecule has 104 valence electrons. The van der Waals surface area contributed by atoms with Gasteiger partial charge in [0, 0.05) is 46.0 Å². The number of benzene rings is 1. The van der Waals surface area contributed by atoms with Crippen LogP contribution in [0.1, 0.15) is 5.56 Å². The van der Waals surface area contributed by atoms with Gasteiger partial charge in [0.25, 0.3) is 0 Å². The van der Waals surface area contributed by atoms with Crippen molar-refractivity contribution in [2.75, 3.05) is 38.6 Å². The largest absolute Gasteiger partial charge is 0.480 e. The number of hydrogen-bond acceptors (Lipinski definition) is 4. The summed E-state index contributed by atoms with van der Waals surface area (Å²) in [7, 11) is 4.01. The Morgan fingerprint density at radius 2 is 2.11 bits per heavy atom. The molecule has 1 aromatic carbocycles. The molecule has 19 heavy (non-hydrogen) atoms. The number of carboxylic acid groups (broad SMARTS) is 1. The Labute approximate surface area is 113 Å². The van der Waals surface area contributed by atoms with Gasteiger partial charge in [-0.1, -0.05) is 12.1 Å². The monoisotopic (exact) mass is 263 g/mol. The second kappa shape index (κ2) is 6.04. The van der Waals surface area contributed by atoms with Crippen LogP contribution in [0.3, 0.4) is 0 Å². The van der Waals surface area contributed by atoms with E-state index in [0.717, 1.165) is 24.3 Å². The van der Waals surface area contributed by atoms with E-state index in [1.807, 2.05) is 19.0 Å². The summed E-state index contributed by atoms with van der Waals surface area (Å²) in [6.45, 7) is 2.82. The number of nitrogens with zero attached hydrogens (tertiary/aromatic N) is 2. The van der Waals surface area contributed by atoms with Gasteiger partial charge in [0.2, 0.25) is 0 Å². The number of hydrogen-bond donors (Lipinski definition) is 2. The lowest BCUT2D eigenvalue weighted by molar-refractivity contribution is -0.144. The first-order valence-corrected chi connectivity index (χ1v) is 6.52. The quantitative estimate of drug-likeness (QED) is 0.833. The number of rotatable bonds is 4. The van der Waals surface area contributed by atoms with Crippen molar-refractivity contribution in [2.45, 2.75) is 12.6 Å². The number of anilines is 1. The lowest BCUT2D eigenvalue weighted by Crippen LogP contribution is -2.54. The molecule has 1 fully saturated rings. The van der Waals surface area contributed by atoms with Gasteiger partial charge in [0.05, 0.1) is 0 Å². The van der Waals surface area contributed by atoms with Crippen molar-refractivity contribution >= 4 is 11.7 Å². The molecule has 1 heterocycles. The molecule has 2 N–H and O–H groups in total. The van der Waals surface area contributed by atoms with E-state index in [-0.39, 0.29) is 0 Å². The Hall–Kier alpha value is -1.59. The Bertz CT molecular complexity index is 431. The van der Waals surface area contributed by atoms with Gasteiger partial charge < -0.3 is 15.3 Å². The maximum Gasteiger partial charge on any atom is 0.322 e. The number of piperazine rings is 1. The molecule has 5 heteroatoms. The second-order valence-electron chi connectivity index (χ2n) is 5.09. The molecule has 1 aromatic rings. The van der Waals surface area contributed by atoms with Crippen LogP contribution in [0, 0.1) is 0 Å². The topological polar surface area (TPSA) is 55.8 Å². The first kappa shape index (κ1) is 13.8. The minimum Gasteiger partial charge on any atom is -0.480 e. The Morgan fingerprint density at radius 3 is 2.68 bits per heavy atom. The summed E-state index contributed by atoms with van der Waals surface area (Å²) in [5.41, 5.74) is 2.30. The van der Waals surface area contributed by atoms with Crippen LogP contribution in [-0.4, -0.2) is 55.7 Å². The van der Waals surface area contributed by atoms with Gasteiger partial charge >= 0.3 is 5.97 Å². The Kier molecular flexibility index (Phi) is 4.39. The standard InChI is InChI=1S/C14H21N3O2/c1-16(2)12-5-3-11(4-6-12)10-17-8-7-15-9-13(17)14(18)19/h3-6,13,15H,7-10H2,1-2H3,(H,18,19). The summed E-state index contributed by atoms with van der Waals surface area (Å²) in [6, 6.07) is 7.83. The van der Waals surface area contributed by atoms with Crippen molar-refractivity contribution in [3.05, 3.63) is 29.8 Å². The smallest absolute Gasteiger partial charge is 0.322 e. The van der Waals surface area contributed by atoms with E-state index in [4.69, 9.17) is 0 Å². The molecule has 1 aliphatic heterocycles. The predicted molar refractivity (Wildman–Crippen MR) is 75.5 cm³/mol. The van der Waals surface area contributed by atoms with E-state index >= 15 is 0 Å². The van der Waals surface area contributed by atoms with Crippen LogP contribution in [0.4, 0.5) is 5.69 Å². The molecule has 1 aliphatic rings. The number of carbonyl (C=O) groups is 1. The fraction of sp³-hybridized carbons (Fsp3) is 0.500. The van der Waals surface area contributed by atoms with Crippen molar-refractivity contribution in [3.63, 3.8) is 0 Å². The maximum atomic E-state index is 11.2. The van der Waals surface area contributed by atoms with Crippen molar-refractivity contribution in [3.8, 4) is 0 Å². The average molecular weight is 263 g/mol. The highest BCUT2D eigenvalue weighted by molar-refractivity contribution is 5.74. The van der Waals surface area contributed by atoms with Crippen molar-refractivity contribution in [1.82, 2.24) is 10.2 Å². The van der Waals surface area contributed by atoms with Crippen LogP contribution in [0.15, 0.2) is 24.3 Å². The van der Waals surface area contributed by atoms with E-state index in [1.54, 1.807) is 0 Å². The Balaban J connectivity index is 2.04. The van der Waals surface area contributed by atoms with Crippen LogP contribution in [0.5, 0.6) is 0 Å². The third-order valence-corrected chi connectivity index (χ3v) is 3.48.